The first-order valence-electron chi connectivity index (χ1n) is 11.1. The zero-order valence-electron chi connectivity index (χ0n) is 18.9. The number of carbonyl (C=O) groups excluding carboxylic acids is 2. The van der Waals surface area contributed by atoms with Crippen molar-refractivity contribution in [3.63, 3.8) is 0 Å². The summed E-state index contributed by atoms with van der Waals surface area (Å²) >= 11 is 0. The fourth-order valence-electron chi connectivity index (χ4n) is 4.11. The molecule has 0 heterocycles. The molecule has 0 saturated heterocycles. The Bertz CT molecular complexity index is 947. The first-order chi connectivity index (χ1) is 15.9. The van der Waals surface area contributed by atoms with E-state index in [1.165, 1.54) is 7.11 Å². The number of hydrogen-bond acceptors (Lipinski definition) is 5. The third-order valence-electron chi connectivity index (χ3n) is 5.77. The average molecular weight is 455 g/mol. The lowest BCUT2D eigenvalue weighted by molar-refractivity contribution is -0.140. The second kappa shape index (κ2) is 11.5. The topological polar surface area (TPSA) is 114 Å². The fourth-order valence-corrected chi connectivity index (χ4v) is 4.11. The van der Waals surface area contributed by atoms with Crippen molar-refractivity contribution in [2.45, 2.75) is 44.2 Å². The Labute approximate surface area is 193 Å². The van der Waals surface area contributed by atoms with Crippen molar-refractivity contribution in [3.05, 3.63) is 59.7 Å². The molecule has 1 aliphatic carbocycles. The SMILES string of the molecule is CCC[C@H](NC(=O)OCC1c2ccccc2-c2ccccc21)C(=O)NCC(CC(=O)O)OC. The number of aliphatic carboxylic acids is 1. The molecular formula is C25H30N2O6. The highest BCUT2D eigenvalue weighted by molar-refractivity contribution is 5.85. The van der Waals surface area contributed by atoms with Gasteiger partial charge in [0.05, 0.1) is 12.5 Å². The van der Waals surface area contributed by atoms with Gasteiger partial charge in [-0.2, -0.15) is 0 Å². The number of benzene rings is 2. The minimum Gasteiger partial charge on any atom is -0.481 e. The summed E-state index contributed by atoms with van der Waals surface area (Å²) in [4.78, 5) is 36.0. The summed E-state index contributed by atoms with van der Waals surface area (Å²) in [5, 5.41) is 14.2. The Kier molecular flexibility index (Phi) is 8.43. The maximum atomic E-state index is 12.6. The van der Waals surface area contributed by atoms with Crippen LogP contribution in [0.5, 0.6) is 0 Å². The summed E-state index contributed by atoms with van der Waals surface area (Å²) in [6.07, 6.45) is -0.450. The van der Waals surface area contributed by atoms with Crippen molar-refractivity contribution in [2.75, 3.05) is 20.3 Å². The Morgan fingerprint density at radius 1 is 1.03 bits per heavy atom. The van der Waals surface area contributed by atoms with Crippen LogP contribution >= 0.6 is 0 Å². The van der Waals surface area contributed by atoms with Crippen LogP contribution in [0.2, 0.25) is 0 Å². The number of methoxy groups -OCH3 is 1. The molecule has 0 saturated carbocycles. The van der Waals surface area contributed by atoms with E-state index in [9.17, 15) is 14.4 Å². The first kappa shape index (κ1) is 24.3. The molecule has 0 aromatic heterocycles. The van der Waals surface area contributed by atoms with Crippen LogP contribution in [0, 0.1) is 0 Å². The van der Waals surface area contributed by atoms with Crippen LogP contribution in [0.1, 0.15) is 43.2 Å². The van der Waals surface area contributed by atoms with E-state index in [1.54, 1.807) is 0 Å². The molecule has 8 nitrogen and oxygen atoms in total. The van der Waals surface area contributed by atoms with Gasteiger partial charge in [0.1, 0.15) is 12.6 Å². The van der Waals surface area contributed by atoms with Gasteiger partial charge in [0.2, 0.25) is 5.91 Å². The zero-order chi connectivity index (χ0) is 23.8. The number of hydrogen-bond donors (Lipinski definition) is 3. The molecule has 1 aliphatic rings. The predicted molar refractivity (Wildman–Crippen MR) is 123 cm³/mol. The van der Waals surface area contributed by atoms with Crippen molar-refractivity contribution in [3.8, 4) is 11.1 Å². The third kappa shape index (κ3) is 6.10. The lowest BCUT2D eigenvalue weighted by Gasteiger charge is -2.21. The number of ether oxygens (including phenoxy) is 2. The first-order valence-corrected chi connectivity index (χ1v) is 11.1. The van der Waals surface area contributed by atoms with Crippen LogP contribution in [0.3, 0.4) is 0 Å². The van der Waals surface area contributed by atoms with Crippen LogP contribution < -0.4 is 10.6 Å². The highest BCUT2D eigenvalue weighted by Gasteiger charge is 2.29. The summed E-state index contributed by atoms with van der Waals surface area (Å²) < 4.78 is 10.6. The van der Waals surface area contributed by atoms with Gasteiger partial charge in [-0.25, -0.2) is 4.79 Å². The normalized spacial score (nSPS) is 14.0. The average Bonchev–Trinajstić information content (AvgIpc) is 3.13. The van der Waals surface area contributed by atoms with Gasteiger partial charge in [0.25, 0.3) is 0 Å². The molecule has 0 radical (unpaired) electrons. The zero-order valence-corrected chi connectivity index (χ0v) is 18.9. The minimum atomic E-state index is -1.02. The van der Waals surface area contributed by atoms with Gasteiger partial charge in [-0.3, -0.25) is 9.59 Å². The maximum absolute atomic E-state index is 12.6. The van der Waals surface area contributed by atoms with Crippen LogP contribution in [0.25, 0.3) is 11.1 Å². The number of fused-ring (bicyclic) bond motifs is 3. The molecule has 3 N–H and O–H groups in total. The monoisotopic (exact) mass is 454 g/mol. The van der Waals surface area contributed by atoms with Gasteiger partial charge in [-0.1, -0.05) is 61.9 Å². The number of nitrogens with one attached hydrogen (secondary N) is 2. The van der Waals surface area contributed by atoms with Gasteiger partial charge >= 0.3 is 12.1 Å². The van der Waals surface area contributed by atoms with E-state index >= 15 is 0 Å². The molecule has 0 spiro atoms. The molecule has 0 aliphatic heterocycles. The summed E-state index contributed by atoms with van der Waals surface area (Å²) in [7, 11) is 1.39. The molecule has 2 atom stereocenters. The quantitative estimate of drug-likeness (QED) is 0.480. The van der Waals surface area contributed by atoms with Crippen molar-refractivity contribution >= 4 is 18.0 Å². The highest BCUT2D eigenvalue weighted by Crippen LogP contribution is 2.44. The fraction of sp³-hybridized carbons (Fsp3) is 0.400. The van der Waals surface area contributed by atoms with E-state index in [0.29, 0.717) is 12.8 Å². The lowest BCUT2D eigenvalue weighted by atomic mass is 9.98. The predicted octanol–water partition coefficient (Wildman–Crippen LogP) is 3.30. The van der Waals surface area contributed by atoms with E-state index in [1.807, 2.05) is 43.3 Å². The van der Waals surface area contributed by atoms with E-state index in [4.69, 9.17) is 14.6 Å². The van der Waals surface area contributed by atoms with E-state index in [2.05, 4.69) is 22.8 Å². The molecular weight excluding hydrogens is 424 g/mol. The third-order valence-corrected chi connectivity index (χ3v) is 5.77. The summed E-state index contributed by atoms with van der Waals surface area (Å²) in [6, 6.07) is 15.3. The van der Waals surface area contributed by atoms with E-state index in [-0.39, 0.29) is 25.5 Å². The van der Waals surface area contributed by atoms with E-state index < -0.39 is 30.1 Å². The Morgan fingerprint density at radius 3 is 2.18 bits per heavy atom. The Balaban J connectivity index is 1.58. The van der Waals surface area contributed by atoms with Gasteiger partial charge < -0.3 is 25.2 Å². The number of rotatable bonds is 11. The second-order valence-corrected chi connectivity index (χ2v) is 8.01. The Morgan fingerprint density at radius 2 is 1.64 bits per heavy atom. The van der Waals surface area contributed by atoms with Crippen molar-refractivity contribution in [2.24, 2.45) is 0 Å². The molecule has 2 aromatic rings. The van der Waals surface area contributed by atoms with Gasteiger partial charge in [-0.05, 0) is 28.7 Å². The maximum Gasteiger partial charge on any atom is 0.407 e. The molecule has 176 valence electrons. The van der Waals surface area contributed by atoms with E-state index in [0.717, 1.165) is 22.3 Å². The molecule has 2 amide bonds. The number of amides is 2. The number of carbonyl (C=O) groups is 3. The molecule has 3 rings (SSSR count). The molecule has 1 unspecified atom stereocenters. The Hall–Kier alpha value is -3.39. The van der Waals surface area contributed by atoms with Crippen LogP contribution in [0.15, 0.2) is 48.5 Å². The van der Waals surface area contributed by atoms with Gasteiger partial charge in [-0.15, -0.1) is 0 Å². The van der Waals surface area contributed by atoms with Crippen LogP contribution in [0.4, 0.5) is 4.79 Å². The molecule has 0 bridgehead atoms. The molecule has 2 aromatic carbocycles. The van der Waals surface area contributed by atoms with Crippen molar-refractivity contribution < 1.29 is 29.0 Å². The molecule has 8 heteroatoms. The number of carboxylic acids is 1. The smallest absolute Gasteiger partial charge is 0.407 e. The highest BCUT2D eigenvalue weighted by atomic mass is 16.5. The van der Waals surface area contributed by atoms with Crippen LogP contribution in [-0.2, 0) is 19.1 Å². The van der Waals surface area contributed by atoms with Crippen molar-refractivity contribution in [1.82, 2.24) is 10.6 Å². The summed E-state index contributed by atoms with van der Waals surface area (Å²) in [6.45, 7) is 2.10. The van der Waals surface area contributed by atoms with Crippen molar-refractivity contribution in [1.29, 1.82) is 0 Å². The van der Waals surface area contributed by atoms with Gasteiger partial charge in [0, 0.05) is 19.6 Å². The lowest BCUT2D eigenvalue weighted by Crippen LogP contribution is -2.48. The number of alkyl carbamates (subject to hydrolysis) is 1. The second-order valence-electron chi connectivity index (χ2n) is 8.01. The summed E-state index contributed by atoms with van der Waals surface area (Å²) in [5.74, 6) is -1.49. The summed E-state index contributed by atoms with van der Waals surface area (Å²) in [5.41, 5.74) is 4.50. The largest absolute Gasteiger partial charge is 0.481 e. The van der Waals surface area contributed by atoms with Gasteiger partial charge in [0.15, 0.2) is 0 Å². The molecule has 0 fully saturated rings. The standard InChI is InChI=1S/C25H30N2O6/c1-3-8-22(24(30)26-14-16(32-2)13-23(28)29)27-25(31)33-15-21-19-11-6-4-9-17(19)18-10-5-7-12-20(18)21/h4-7,9-12,16,21-22H,3,8,13-15H2,1-2H3,(H,26,30)(H,27,31)(H,28,29)/t16?,22-/m0/s1. The van der Waals surface area contributed by atoms with Crippen LogP contribution in [-0.4, -0.2) is 55.5 Å². The minimum absolute atomic E-state index is 0.0359. The molecule has 33 heavy (non-hydrogen) atoms. The number of carboxylic acid groups (broad SMARTS) is 1.